The number of carbonyl (C=O) groups excluding carboxylic acids is 2. The number of hydrogen-bond acceptors (Lipinski definition) is 3. The molecular formula is C21H26F2N2O3. The molecule has 2 fully saturated rings. The van der Waals surface area contributed by atoms with Crippen molar-refractivity contribution in [3.63, 3.8) is 0 Å². The molecule has 0 aromatic heterocycles. The summed E-state index contributed by atoms with van der Waals surface area (Å²) >= 11 is 0. The van der Waals surface area contributed by atoms with E-state index in [2.05, 4.69) is 6.58 Å². The number of alkyl halides is 2. The quantitative estimate of drug-likeness (QED) is 0.700. The predicted molar refractivity (Wildman–Crippen MR) is 101 cm³/mol. The maximum absolute atomic E-state index is 13.2. The maximum atomic E-state index is 13.2. The second-order valence-corrected chi connectivity index (χ2v) is 7.61. The number of hydrogen-bond donors (Lipinski definition) is 0. The number of halogens is 2. The van der Waals surface area contributed by atoms with Crippen molar-refractivity contribution in [3.05, 3.63) is 48.0 Å². The van der Waals surface area contributed by atoms with Gasteiger partial charge in [-0.3, -0.25) is 9.59 Å². The van der Waals surface area contributed by atoms with Gasteiger partial charge in [0.1, 0.15) is 0 Å². The van der Waals surface area contributed by atoms with E-state index in [0.29, 0.717) is 31.7 Å². The molecule has 2 amide bonds. The molecule has 2 aliphatic heterocycles. The first-order valence-corrected chi connectivity index (χ1v) is 9.51. The molecular weight excluding hydrogens is 366 g/mol. The van der Waals surface area contributed by atoms with Crippen LogP contribution in [0, 0.1) is 12.3 Å². The van der Waals surface area contributed by atoms with Crippen LogP contribution in [0.3, 0.4) is 0 Å². The molecule has 0 N–H and O–H groups in total. The Balaban J connectivity index is 1.78. The molecule has 0 aliphatic carbocycles. The van der Waals surface area contributed by atoms with E-state index < -0.39 is 24.3 Å². The zero-order chi connectivity index (χ0) is 20.3. The summed E-state index contributed by atoms with van der Waals surface area (Å²) in [4.78, 5) is 29.1. The number of rotatable bonds is 6. The first-order valence-electron chi connectivity index (χ1n) is 9.51. The van der Waals surface area contributed by atoms with E-state index in [9.17, 15) is 18.4 Å². The van der Waals surface area contributed by atoms with Gasteiger partial charge < -0.3 is 14.5 Å². The highest BCUT2D eigenvalue weighted by Gasteiger charge is 2.48. The van der Waals surface area contributed by atoms with E-state index in [4.69, 9.17) is 4.74 Å². The highest BCUT2D eigenvalue weighted by Crippen LogP contribution is 2.35. The fourth-order valence-corrected chi connectivity index (χ4v) is 3.97. The van der Waals surface area contributed by atoms with E-state index in [-0.39, 0.29) is 24.9 Å². The summed E-state index contributed by atoms with van der Waals surface area (Å²) in [6.45, 7) is 6.85. The highest BCUT2D eigenvalue weighted by molar-refractivity contribution is 5.96. The van der Waals surface area contributed by atoms with Gasteiger partial charge in [0, 0.05) is 31.6 Å². The Bertz CT molecular complexity index is 749. The average molecular weight is 392 g/mol. The van der Waals surface area contributed by atoms with E-state index in [0.717, 1.165) is 5.56 Å². The molecule has 0 spiro atoms. The summed E-state index contributed by atoms with van der Waals surface area (Å²) < 4.78 is 31.7. The largest absolute Gasteiger partial charge is 0.379 e. The molecule has 7 heteroatoms. The number of carbonyl (C=O) groups is 2. The van der Waals surface area contributed by atoms with Crippen LogP contribution in [0.4, 0.5) is 8.78 Å². The van der Waals surface area contributed by atoms with E-state index in [1.54, 1.807) is 23.1 Å². The Morgan fingerprint density at radius 1 is 1.32 bits per heavy atom. The topological polar surface area (TPSA) is 49.9 Å². The molecule has 2 saturated heterocycles. The third-order valence-corrected chi connectivity index (χ3v) is 5.60. The van der Waals surface area contributed by atoms with Gasteiger partial charge in [0.15, 0.2) is 0 Å². The Morgan fingerprint density at radius 2 is 2.04 bits per heavy atom. The lowest BCUT2D eigenvalue weighted by Crippen LogP contribution is -2.62. The summed E-state index contributed by atoms with van der Waals surface area (Å²) in [7, 11) is 0. The third kappa shape index (κ3) is 3.94. The van der Waals surface area contributed by atoms with Crippen molar-refractivity contribution in [2.24, 2.45) is 5.41 Å². The van der Waals surface area contributed by atoms with Crippen LogP contribution in [0.2, 0.25) is 0 Å². The molecule has 1 unspecified atom stereocenters. The molecule has 2 aliphatic rings. The number of allylic oxidation sites excluding steroid dienone is 1. The van der Waals surface area contributed by atoms with Crippen molar-refractivity contribution in [2.75, 3.05) is 32.8 Å². The monoisotopic (exact) mass is 392 g/mol. The highest BCUT2D eigenvalue weighted by atomic mass is 19.3. The molecule has 152 valence electrons. The van der Waals surface area contributed by atoms with Crippen molar-refractivity contribution in [1.82, 2.24) is 9.80 Å². The number of piperazine rings is 1. The Morgan fingerprint density at radius 3 is 2.61 bits per heavy atom. The van der Waals surface area contributed by atoms with Gasteiger partial charge in [-0.05, 0) is 25.0 Å². The van der Waals surface area contributed by atoms with Crippen molar-refractivity contribution in [1.29, 1.82) is 0 Å². The van der Waals surface area contributed by atoms with Gasteiger partial charge in [-0.2, -0.15) is 0 Å². The van der Waals surface area contributed by atoms with E-state index in [1.165, 1.54) is 4.90 Å². The van der Waals surface area contributed by atoms with Gasteiger partial charge in [0.05, 0.1) is 24.7 Å². The molecule has 1 aromatic carbocycles. The lowest BCUT2D eigenvalue weighted by Gasteiger charge is -2.47. The summed E-state index contributed by atoms with van der Waals surface area (Å²) in [5.74, 6) is -0.357. The van der Waals surface area contributed by atoms with Crippen molar-refractivity contribution < 1.29 is 23.1 Å². The standard InChI is InChI=1S/C21H26F2N2O3/c1-3-8-21(13-28-14-21)20(27)24-9-10-25(16(12-24)11-18(22)23)19(26)17-7-5-4-6-15(17)2/h3-7,16,18H,1,8-14H2,2H3. The zero-order valence-corrected chi connectivity index (χ0v) is 16.1. The smallest absolute Gasteiger partial charge is 0.254 e. The third-order valence-electron chi connectivity index (χ3n) is 5.60. The van der Waals surface area contributed by atoms with Gasteiger partial charge >= 0.3 is 0 Å². The normalized spacial score (nSPS) is 21.4. The van der Waals surface area contributed by atoms with Crippen molar-refractivity contribution in [2.45, 2.75) is 32.2 Å². The lowest BCUT2D eigenvalue weighted by molar-refractivity contribution is -0.174. The summed E-state index contributed by atoms with van der Waals surface area (Å²) in [5, 5.41) is 0. The molecule has 3 rings (SSSR count). The predicted octanol–water partition coefficient (Wildman–Crippen LogP) is 2.90. The first kappa shape index (κ1) is 20.5. The van der Waals surface area contributed by atoms with Crippen molar-refractivity contribution in [3.8, 4) is 0 Å². The van der Waals surface area contributed by atoms with Crippen LogP contribution in [0.1, 0.15) is 28.8 Å². The van der Waals surface area contributed by atoms with Gasteiger partial charge in [-0.25, -0.2) is 8.78 Å². The molecule has 1 aromatic rings. The second-order valence-electron chi connectivity index (χ2n) is 7.61. The SMILES string of the molecule is C=CCC1(C(=O)N2CCN(C(=O)c3ccccc3C)C(CC(F)F)C2)COC1. The number of benzene rings is 1. The van der Waals surface area contributed by atoms with Gasteiger partial charge in [0.25, 0.3) is 5.91 Å². The minimum atomic E-state index is -2.55. The van der Waals surface area contributed by atoms with Crippen LogP contribution in [0.15, 0.2) is 36.9 Å². The molecule has 5 nitrogen and oxygen atoms in total. The summed E-state index contributed by atoms with van der Waals surface area (Å²) in [6.07, 6.45) is -0.823. The fraction of sp³-hybridized carbons (Fsp3) is 0.524. The second kappa shape index (κ2) is 8.39. The van der Waals surface area contributed by atoms with Gasteiger partial charge in [-0.1, -0.05) is 24.3 Å². The molecule has 0 radical (unpaired) electrons. The Kier molecular flexibility index (Phi) is 6.13. The number of amides is 2. The molecule has 1 atom stereocenters. The molecule has 28 heavy (non-hydrogen) atoms. The summed E-state index contributed by atoms with van der Waals surface area (Å²) in [6, 6.07) is 6.41. The number of nitrogens with zero attached hydrogens (tertiary/aromatic N) is 2. The van der Waals surface area contributed by atoms with E-state index in [1.807, 2.05) is 19.1 Å². The summed E-state index contributed by atoms with van der Waals surface area (Å²) in [5.41, 5.74) is 0.676. The minimum absolute atomic E-state index is 0.0964. The Labute approximate surface area is 163 Å². The lowest BCUT2D eigenvalue weighted by atomic mass is 9.80. The average Bonchev–Trinajstić information content (AvgIpc) is 2.63. The van der Waals surface area contributed by atoms with Crippen LogP contribution in [0.5, 0.6) is 0 Å². The van der Waals surface area contributed by atoms with Crippen LogP contribution in [0.25, 0.3) is 0 Å². The molecule has 2 heterocycles. The molecule has 0 bridgehead atoms. The van der Waals surface area contributed by atoms with Crippen LogP contribution < -0.4 is 0 Å². The minimum Gasteiger partial charge on any atom is -0.379 e. The zero-order valence-electron chi connectivity index (χ0n) is 16.1. The van der Waals surface area contributed by atoms with E-state index >= 15 is 0 Å². The fourth-order valence-electron chi connectivity index (χ4n) is 3.97. The van der Waals surface area contributed by atoms with Crippen LogP contribution >= 0.6 is 0 Å². The molecule has 0 saturated carbocycles. The van der Waals surface area contributed by atoms with Crippen LogP contribution in [-0.2, 0) is 9.53 Å². The number of ether oxygens (including phenoxy) is 1. The number of aryl methyl sites for hydroxylation is 1. The van der Waals surface area contributed by atoms with Crippen molar-refractivity contribution >= 4 is 11.8 Å². The first-order chi connectivity index (χ1) is 13.4. The Hall–Kier alpha value is -2.28. The maximum Gasteiger partial charge on any atom is 0.254 e. The van der Waals surface area contributed by atoms with Crippen LogP contribution in [-0.4, -0.2) is 66.9 Å². The van der Waals surface area contributed by atoms with Gasteiger partial charge in [0.2, 0.25) is 12.3 Å². The van der Waals surface area contributed by atoms with Gasteiger partial charge in [-0.15, -0.1) is 6.58 Å².